The van der Waals surface area contributed by atoms with Gasteiger partial charge in [-0.15, -0.1) is 0 Å². The van der Waals surface area contributed by atoms with Crippen LogP contribution in [0.5, 0.6) is 5.88 Å². The van der Waals surface area contributed by atoms with Crippen molar-refractivity contribution >= 4 is 12.7 Å². The average Bonchev–Trinajstić information content (AvgIpc) is 2.57. The van der Waals surface area contributed by atoms with E-state index in [1.54, 1.807) is 12.1 Å². The van der Waals surface area contributed by atoms with Gasteiger partial charge < -0.3 is 14.0 Å². The summed E-state index contributed by atoms with van der Waals surface area (Å²) in [6.45, 7) is 7.83. The Hall–Kier alpha value is -1.58. The number of ether oxygens (including phenoxy) is 1. The number of methoxy groups -OCH3 is 1. The molecule has 0 atom stereocenters. The minimum Gasteiger partial charge on any atom is -0.481 e. The van der Waals surface area contributed by atoms with Gasteiger partial charge in [0.25, 0.3) is 0 Å². The highest BCUT2D eigenvalue weighted by atomic mass is 16.7. The first-order chi connectivity index (χ1) is 8.80. The summed E-state index contributed by atoms with van der Waals surface area (Å²) >= 11 is 0. The third-order valence-electron chi connectivity index (χ3n) is 3.71. The summed E-state index contributed by atoms with van der Waals surface area (Å²) in [5.74, 6) is 0.434. The molecule has 0 saturated carbocycles. The molecule has 1 aliphatic rings. The third kappa shape index (κ3) is 2.31. The van der Waals surface area contributed by atoms with Crippen molar-refractivity contribution in [2.45, 2.75) is 38.9 Å². The lowest BCUT2D eigenvalue weighted by Crippen LogP contribution is -2.41. The maximum Gasteiger partial charge on any atom is 0.516 e. The monoisotopic (exact) mass is 260 g/mol. The van der Waals surface area contributed by atoms with Gasteiger partial charge in [-0.3, -0.25) is 0 Å². The molecule has 0 unspecified atom stereocenters. The number of pyridine rings is 1. The second-order valence-electron chi connectivity index (χ2n) is 5.49. The van der Waals surface area contributed by atoms with Crippen molar-refractivity contribution in [3.8, 4) is 11.9 Å². The van der Waals surface area contributed by atoms with Crippen LogP contribution in [0.25, 0.3) is 0 Å². The topological polar surface area (TPSA) is 64.4 Å². The van der Waals surface area contributed by atoms with Crippen LogP contribution in [0.2, 0.25) is 0 Å². The van der Waals surface area contributed by atoms with Crippen molar-refractivity contribution < 1.29 is 14.0 Å². The first-order valence-corrected chi connectivity index (χ1v) is 6.11. The molecule has 1 aromatic rings. The van der Waals surface area contributed by atoms with Gasteiger partial charge in [-0.1, -0.05) is 0 Å². The lowest BCUT2D eigenvalue weighted by atomic mass is 9.81. The normalized spacial score (nSPS) is 20.1. The van der Waals surface area contributed by atoms with E-state index in [1.807, 2.05) is 27.7 Å². The number of hydrogen-bond acceptors (Lipinski definition) is 5. The van der Waals surface area contributed by atoms with Crippen molar-refractivity contribution in [2.75, 3.05) is 7.11 Å². The van der Waals surface area contributed by atoms with Crippen LogP contribution in [0, 0.1) is 11.3 Å². The molecule has 0 aliphatic carbocycles. The molecule has 0 N–H and O–H groups in total. The highest BCUT2D eigenvalue weighted by Gasteiger charge is 2.53. The van der Waals surface area contributed by atoms with Gasteiger partial charge >= 0.3 is 7.12 Å². The van der Waals surface area contributed by atoms with Crippen LogP contribution in [0.4, 0.5) is 0 Å². The Morgan fingerprint density at radius 3 is 2.26 bits per heavy atom. The zero-order chi connectivity index (χ0) is 14.3. The van der Waals surface area contributed by atoms with Crippen molar-refractivity contribution in [1.82, 2.24) is 4.98 Å². The van der Waals surface area contributed by atoms with Crippen molar-refractivity contribution in [1.29, 1.82) is 5.26 Å². The Labute approximate surface area is 113 Å². The van der Waals surface area contributed by atoms with Crippen LogP contribution in [0.15, 0.2) is 12.1 Å². The lowest BCUT2D eigenvalue weighted by molar-refractivity contribution is 0.00578. The highest BCUT2D eigenvalue weighted by molar-refractivity contribution is 6.61. The van der Waals surface area contributed by atoms with Crippen LogP contribution in [0.3, 0.4) is 0 Å². The summed E-state index contributed by atoms with van der Waals surface area (Å²) in [4.78, 5) is 4.28. The summed E-state index contributed by atoms with van der Waals surface area (Å²) in [7, 11) is 0.873. The molecule has 0 bridgehead atoms. The van der Waals surface area contributed by atoms with Gasteiger partial charge in [-0.25, -0.2) is 4.98 Å². The standard InChI is InChI=1S/C13H17BN2O3/c1-12(2)13(3,4)19-14(18-12)11-9(8-15)6-7-10(16-11)17-5/h6-7H,1-5H3. The number of aromatic nitrogens is 1. The van der Waals surface area contributed by atoms with Gasteiger partial charge in [0.15, 0.2) is 0 Å². The van der Waals surface area contributed by atoms with Gasteiger partial charge in [-0.2, -0.15) is 5.26 Å². The zero-order valence-electron chi connectivity index (χ0n) is 11.9. The zero-order valence-corrected chi connectivity index (χ0v) is 11.9. The second-order valence-corrected chi connectivity index (χ2v) is 5.49. The minimum atomic E-state index is -0.658. The predicted octanol–water partition coefficient (Wildman–Crippen LogP) is 1.26. The van der Waals surface area contributed by atoms with Crippen molar-refractivity contribution in [3.05, 3.63) is 17.7 Å². The molecule has 5 nitrogen and oxygen atoms in total. The van der Waals surface area contributed by atoms with Gasteiger partial charge in [0.05, 0.1) is 29.5 Å². The number of nitrogens with zero attached hydrogens (tertiary/aromatic N) is 2. The summed E-state index contributed by atoms with van der Waals surface area (Å²) in [5.41, 5.74) is -0.0376. The molecule has 1 aliphatic heterocycles. The molecule has 0 amide bonds. The fourth-order valence-corrected chi connectivity index (χ4v) is 1.80. The molecule has 19 heavy (non-hydrogen) atoms. The molecule has 0 radical (unpaired) electrons. The molecule has 2 rings (SSSR count). The predicted molar refractivity (Wildman–Crippen MR) is 71.2 cm³/mol. The SMILES string of the molecule is COc1ccc(C#N)c(B2OC(C)(C)C(C)(C)O2)n1. The Bertz CT molecular complexity index is 521. The first-order valence-electron chi connectivity index (χ1n) is 6.11. The maximum absolute atomic E-state index is 9.16. The van der Waals surface area contributed by atoms with Crippen LogP contribution in [0.1, 0.15) is 33.3 Å². The maximum atomic E-state index is 9.16. The Kier molecular flexibility index (Phi) is 3.29. The molecule has 1 saturated heterocycles. The molecule has 1 aromatic heterocycles. The summed E-state index contributed by atoms with van der Waals surface area (Å²) in [6.07, 6.45) is 0. The lowest BCUT2D eigenvalue weighted by Gasteiger charge is -2.32. The van der Waals surface area contributed by atoms with Crippen molar-refractivity contribution in [3.63, 3.8) is 0 Å². The first kappa shape index (κ1) is 13.8. The fourth-order valence-electron chi connectivity index (χ4n) is 1.80. The van der Waals surface area contributed by atoms with Gasteiger partial charge in [0.2, 0.25) is 5.88 Å². The molecule has 100 valence electrons. The minimum absolute atomic E-state index is 0.430. The molecular formula is C13H17BN2O3. The average molecular weight is 260 g/mol. The van der Waals surface area contributed by atoms with Gasteiger partial charge in [-0.05, 0) is 33.8 Å². The van der Waals surface area contributed by atoms with Crippen LogP contribution in [-0.2, 0) is 9.31 Å². The summed E-state index contributed by atoms with van der Waals surface area (Å²) < 4.78 is 16.9. The summed E-state index contributed by atoms with van der Waals surface area (Å²) in [6, 6.07) is 5.41. The quantitative estimate of drug-likeness (QED) is 0.749. The Morgan fingerprint density at radius 1 is 1.21 bits per heavy atom. The van der Waals surface area contributed by atoms with Crippen LogP contribution < -0.4 is 10.3 Å². The van der Waals surface area contributed by atoms with E-state index in [1.165, 1.54) is 7.11 Å². The van der Waals surface area contributed by atoms with Crippen LogP contribution in [-0.4, -0.2) is 30.4 Å². The molecule has 6 heteroatoms. The van der Waals surface area contributed by atoms with Crippen LogP contribution >= 0.6 is 0 Å². The second kappa shape index (κ2) is 4.51. The van der Waals surface area contributed by atoms with E-state index in [0.717, 1.165) is 0 Å². The largest absolute Gasteiger partial charge is 0.516 e. The number of rotatable bonds is 2. The van der Waals surface area contributed by atoms with E-state index in [0.29, 0.717) is 17.0 Å². The molecule has 0 aromatic carbocycles. The van der Waals surface area contributed by atoms with Gasteiger partial charge in [0.1, 0.15) is 6.07 Å². The molecule has 2 heterocycles. The highest BCUT2D eigenvalue weighted by Crippen LogP contribution is 2.36. The van der Waals surface area contributed by atoms with Gasteiger partial charge in [0, 0.05) is 6.07 Å². The molecule has 1 fully saturated rings. The molecular weight excluding hydrogens is 243 g/mol. The Morgan fingerprint density at radius 2 is 1.79 bits per heavy atom. The molecule has 0 spiro atoms. The van der Waals surface area contributed by atoms with E-state index < -0.39 is 18.3 Å². The van der Waals surface area contributed by atoms with E-state index in [4.69, 9.17) is 19.3 Å². The fraction of sp³-hybridized carbons (Fsp3) is 0.538. The van der Waals surface area contributed by atoms with E-state index in [2.05, 4.69) is 11.1 Å². The number of nitriles is 1. The smallest absolute Gasteiger partial charge is 0.481 e. The third-order valence-corrected chi connectivity index (χ3v) is 3.71. The number of hydrogen-bond donors (Lipinski definition) is 0. The van der Waals surface area contributed by atoms with E-state index in [9.17, 15) is 0 Å². The van der Waals surface area contributed by atoms with Crippen molar-refractivity contribution in [2.24, 2.45) is 0 Å². The Balaban J connectivity index is 2.41. The summed E-state index contributed by atoms with van der Waals surface area (Å²) in [5, 5.41) is 9.16. The van der Waals surface area contributed by atoms with E-state index in [-0.39, 0.29) is 0 Å². The van der Waals surface area contributed by atoms with E-state index >= 15 is 0 Å².